The Kier molecular flexibility index (Phi) is 2.89. The molecule has 2 aromatic rings. The Morgan fingerprint density at radius 2 is 2.00 bits per heavy atom. The van der Waals surface area contributed by atoms with E-state index in [4.69, 9.17) is 0 Å². The SMILES string of the molecule is C[C@@H](n1nnc2c(Br)c(O)ccc21)C(C)(C)C. The van der Waals surface area contributed by atoms with Crippen molar-refractivity contribution < 1.29 is 5.11 Å². The highest BCUT2D eigenvalue weighted by molar-refractivity contribution is 9.10. The third-order valence-corrected chi connectivity index (χ3v) is 3.96. The zero-order valence-electron chi connectivity index (χ0n) is 10.4. The molecule has 92 valence electrons. The van der Waals surface area contributed by atoms with Crippen LogP contribution in [-0.4, -0.2) is 20.1 Å². The molecule has 0 radical (unpaired) electrons. The Morgan fingerprint density at radius 1 is 1.35 bits per heavy atom. The Bertz CT molecular complexity index is 557. The highest BCUT2D eigenvalue weighted by atomic mass is 79.9. The van der Waals surface area contributed by atoms with Gasteiger partial charge in [-0.05, 0) is 40.4 Å². The predicted octanol–water partition coefficient (Wildman–Crippen LogP) is 3.51. The van der Waals surface area contributed by atoms with Gasteiger partial charge in [-0.25, -0.2) is 4.68 Å². The minimum atomic E-state index is 0.102. The molecule has 1 aromatic carbocycles. The fourth-order valence-corrected chi connectivity index (χ4v) is 2.03. The van der Waals surface area contributed by atoms with Gasteiger partial charge in [0.25, 0.3) is 0 Å². The summed E-state index contributed by atoms with van der Waals surface area (Å²) >= 11 is 3.33. The summed E-state index contributed by atoms with van der Waals surface area (Å²) in [6.07, 6.45) is 0. The van der Waals surface area contributed by atoms with Crippen LogP contribution >= 0.6 is 15.9 Å². The first-order valence-corrected chi connectivity index (χ1v) is 6.34. The lowest BCUT2D eigenvalue weighted by Crippen LogP contribution is -2.22. The van der Waals surface area contributed by atoms with Gasteiger partial charge in [-0.1, -0.05) is 26.0 Å². The molecule has 1 N–H and O–H groups in total. The first-order valence-electron chi connectivity index (χ1n) is 5.54. The van der Waals surface area contributed by atoms with Crippen molar-refractivity contribution in [1.82, 2.24) is 15.0 Å². The van der Waals surface area contributed by atoms with Gasteiger partial charge >= 0.3 is 0 Å². The number of phenolic OH excluding ortho intramolecular Hbond substituents is 1. The van der Waals surface area contributed by atoms with Crippen molar-refractivity contribution >= 4 is 27.0 Å². The van der Waals surface area contributed by atoms with Crippen molar-refractivity contribution in [2.24, 2.45) is 5.41 Å². The number of phenols is 1. The normalized spacial score (nSPS) is 14.2. The summed E-state index contributed by atoms with van der Waals surface area (Å²) in [4.78, 5) is 0. The van der Waals surface area contributed by atoms with Gasteiger partial charge in [-0.2, -0.15) is 0 Å². The number of hydrogen-bond acceptors (Lipinski definition) is 3. The molecule has 0 spiro atoms. The second-order valence-electron chi connectivity index (χ2n) is 5.34. The van der Waals surface area contributed by atoms with Gasteiger partial charge in [0.05, 0.1) is 16.0 Å². The average molecular weight is 298 g/mol. The maximum absolute atomic E-state index is 9.60. The summed E-state index contributed by atoms with van der Waals surface area (Å²) in [6.45, 7) is 8.62. The highest BCUT2D eigenvalue weighted by Crippen LogP contribution is 2.35. The first kappa shape index (κ1) is 12.4. The molecule has 1 atom stereocenters. The fraction of sp³-hybridized carbons (Fsp3) is 0.500. The van der Waals surface area contributed by atoms with Crippen LogP contribution in [0.5, 0.6) is 5.75 Å². The smallest absolute Gasteiger partial charge is 0.132 e. The predicted molar refractivity (Wildman–Crippen MR) is 71.1 cm³/mol. The second-order valence-corrected chi connectivity index (χ2v) is 6.14. The van der Waals surface area contributed by atoms with E-state index in [9.17, 15) is 5.11 Å². The molecule has 0 saturated carbocycles. The number of fused-ring (bicyclic) bond motifs is 1. The van der Waals surface area contributed by atoms with E-state index in [-0.39, 0.29) is 17.2 Å². The second kappa shape index (κ2) is 3.98. The lowest BCUT2D eigenvalue weighted by molar-refractivity contribution is 0.247. The van der Waals surface area contributed by atoms with Crippen molar-refractivity contribution in [3.8, 4) is 5.75 Å². The van der Waals surface area contributed by atoms with E-state index in [1.807, 2.05) is 10.7 Å². The molecule has 1 heterocycles. The van der Waals surface area contributed by atoms with Gasteiger partial charge in [-0.15, -0.1) is 5.10 Å². The van der Waals surface area contributed by atoms with Crippen LogP contribution in [0.25, 0.3) is 11.0 Å². The van der Waals surface area contributed by atoms with E-state index in [0.29, 0.717) is 9.99 Å². The number of halogens is 1. The highest BCUT2D eigenvalue weighted by Gasteiger charge is 2.25. The largest absolute Gasteiger partial charge is 0.507 e. The summed E-state index contributed by atoms with van der Waals surface area (Å²) in [7, 11) is 0. The molecule has 0 unspecified atom stereocenters. The van der Waals surface area contributed by atoms with Crippen LogP contribution in [0.3, 0.4) is 0 Å². The van der Waals surface area contributed by atoms with E-state index in [1.165, 1.54) is 0 Å². The van der Waals surface area contributed by atoms with Crippen LogP contribution in [0.4, 0.5) is 0 Å². The number of benzene rings is 1. The van der Waals surface area contributed by atoms with Crippen molar-refractivity contribution in [2.45, 2.75) is 33.7 Å². The number of hydrogen-bond donors (Lipinski definition) is 1. The monoisotopic (exact) mass is 297 g/mol. The molecule has 0 aliphatic heterocycles. The fourth-order valence-electron chi connectivity index (χ4n) is 1.62. The zero-order valence-corrected chi connectivity index (χ0v) is 12.0. The number of rotatable bonds is 1. The topological polar surface area (TPSA) is 50.9 Å². The molecule has 2 rings (SSSR count). The molecule has 1 aromatic heterocycles. The van der Waals surface area contributed by atoms with Gasteiger partial charge in [0.1, 0.15) is 11.3 Å². The van der Waals surface area contributed by atoms with Gasteiger partial charge in [0.15, 0.2) is 0 Å². The van der Waals surface area contributed by atoms with Gasteiger partial charge in [0.2, 0.25) is 0 Å². The van der Waals surface area contributed by atoms with E-state index in [0.717, 1.165) is 5.52 Å². The molecule has 0 aliphatic carbocycles. The maximum Gasteiger partial charge on any atom is 0.132 e. The zero-order chi connectivity index (χ0) is 12.8. The van der Waals surface area contributed by atoms with Crippen LogP contribution in [0, 0.1) is 5.41 Å². The summed E-state index contributed by atoms with van der Waals surface area (Å²) in [5.41, 5.74) is 1.73. The molecule has 0 fully saturated rings. The van der Waals surface area contributed by atoms with Crippen LogP contribution < -0.4 is 0 Å². The molecular weight excluding hydrogens is 282 g/mol. The number of aromatic nitrogens is 3. The summed E-state index contributed by atoms with van der Waals surface area (Å²) in [5, 5.41) is 17.9. The summed E-state index contributed by atoms with van der Waals surface area (Å²) in [5.74, 6) is 0.188. The molecule has 0 bridgehead atoms. The third kappa shape index (κ3) is 2.04. The van der Waals surface area contributed by atoms with Gasteiger partial charge in [-0.3, -0.25) is 0 Å². The van der Waals surface area contributed by atoms with Crippen LogP contribution in [0.15, 0.2) is 16.6 Å². The van der Waals surface area contributed by atoms with Gasteiger partial charge in [0, 0.05) is 0 Å². The van der Waals surface area contributed by atoms with E-state index >= 15 is 0 Å². The van der Waals surface area contributed by atoms with Crippen LogP contribution in [0.1, 0.15) is 33.7 Å². The third-order valence-electron chi connectivity index (χ3n) is 3.18. The number of aromatic hydroxyl groups is 1. The quantitative estimate of drug-likeness (QED) is 0.876. The van der Waals surface area contributed by atoms with Crippen molar-refractivity contribution in [1.29, 1.82) is 0 Å². The molecule has 0 saturated heterocycles. The maximum atomic E-state index is 9.60. The molecule has 17 heavy (non-hydrogen) atoms. The van der Waals surface area contributed by atoms with Crippen molar-refractivity contribution in [2.75, 3.05) is 0 Å². The van der Waals surface area contributed by atoms with Gasteiger partial charge < -0.3 is 5.11 Å². The van der Waals surface area contributed by atoms with E-state index < -0.39 is 0 Å². The Hall–Kier alpha value is -1.10. The standard InChI is InChI=1S/C12H16BrN3O/c1-7(12(2,3)4)16-8-5-6-9(17)10(13)11(8)14-15-16/h5-7,17H,1-4H3/t7-/m1/s1. The minimum absolute atomic E-state index is 0.102. The molecule has 0 amide bonds. The minimum Gasteiger partial charge on any atom is -0.507 e. The molecule has 0 aliphatic rings. The van der Waals surface area contributed by atoms with Crippen molar-refractivity contribution in [3.63, 3.8) is 0 Å². The molecule has 4 nitrogen and oxygen atoms in total. The Balaban J connectivity index is 2.62. The van der Waals surface area contributed by atoms with Crippen molar-refractivity contribution in [3.05, 3.63) is 16.6 Å². The number of nitrogens with zero attached hydrogens (tertiary/aromatic N) is 3. The molecule has 5 heteroatoms. The lowest BCUT2D eigenvalue weighted by Gasteiger charge is -2.27. The van der Waals surface area contributed by atoms with Crippen LogP contribution in [-0.2, 0) is 0 Å². The summed E-state index contributed by atoms with van der Waals surface area (Å²) in [6, 6.07) is 3.73. The Labute approximate surface area is 109 Å². The summed E-state index contributed by atoms with van der Waals surface area (Å²) < 4.78 is 2.50. The van der Waals surface area contributed by atoms with E-state index in [2.05, 4.69) is 53.9 Å². The first-order chi connectivity index (χ1) is 7.82. The molecular formula is C12H16BrN3O. The van der Waals surface area contributed by atoms with Crippen LogP contribution in [0.2, 0.25) is 0 Å². The lowest BCUT2D eigenvalue weighted by atomic mass is 9.88. The average Bonchev–Trinajstić information content (AvgIpc) is 2.65. The Morgan fingerprint density at radius 3 is 2.59 bits per heavy atom. The van der Waals surface area contributed by atoms with E-state index in [1.54, 1.807) is 6.07 Å².